The van der Waals surface area contributed by atoms with Crippen LogP contribution in [0.1, 0.15) is 31.4 Å². The van der Waals surface area contributed by atoms with E-state index in [1.165, 1.54) is 0 Å². The van der Waals surface area contributed by atoms with Crippen LogP contribution in [0.4, 0.5) is 0 Å². The third kappa shape index (κ3) is 5.85. The maximum absolute atomic E-state index is 10.7. The number of ether oxygens (including phenoxy) is 1. The molecule has 0 aliphatic heterocycles. The van der Waals surface area contributed by atoms with Crippen molar-refractivity contribution in [2.24, 2.45) is 17.6 Å². The Bertz CT molecular complexity index is 1090. The maximum Gasteiger partial charge on any atom is 0.329 e. The van der Waals surface area contributed by atoms with Crippen molar-refractivity contribution >= 4 is 5.97 Å². The van der Waals surface area contributed by atoms with E-state index in [0.717, 1.165) is 60.3 Å². The highest BCUT2D eigenvalue weighted by atomic mass is 16.5. The summed E-state index contributed by atoms with van der Waals surface area (Å²) in [6, 6.07) is 17.5. The second-order valence-electron chi connectivity index (χ2n) is 9.10. The zero-order valence-electron chi connectivity index (χ0n) is 19.4. The van der Waals surface area contributed by atoms with Crippen LogP contribution in [0.5, 0.6) is 5.75 Å². The first-order valence-corrected chi connectivity index (χ1v) is 12.0. The number of aromatic nitrogens is 2. The van der Waals surface area contributed by atoms with Crippen molar-refractivity contribution in [2.75, 3.05) is 19.8 Å². The van der Waals surface area contributed by atoms with Crippen molar-refractivity contribution in [1.29, 1.82) is 0 Å². The highest BCUT2D eigenvalue weighted by Gasteiger charge is 2.26. The Labute approximate surface area is 200 Å². The van der Waals surface area contributed by atoms with Crippen LogP contribution >= 0.6 is 0 Å². The van der Waals surface area contributed by atoms with Crippen LogP contribution in [-0.2, 0) is 22.5 Å². The van der Waals surface area contributed by atoms with Crippen LogP contribution in [0.15, 0.2) is 54.6 Å². The topological polar surface area (TPSA) is 111 Å². The quantitative estimate of drug-likeness (QED) is 0.413. The van der Waals surface area contributed by atoms with Gasteiger partial charge in [-0.25, -0.2) is 4.79 Å². The van der Waals surface area contributed by atoms with Gasteiger partial charge in [0.1, 0.15) is 18.1 Å². The molecule has 180 valence electrons. The lowest BCUT2D eigenvalue weighted by atomic mass is 9.82. The minimum Gasteiger partial charge on any atom is -0.508 e. The minimum atomic E-state index is -0.920. The van der Waals surface area contributed by atoms with Gasteiger partial charge in [-0.1, -0.05) is 42.5 Å². The van der Waals surface area contributed by atoms with Gasteiger partial charge in [-0.15, -0.1) is 0 Å². The van der Waals surface area contributed by atoms with E-state index >= 15 is 0 Å². The standard InChI is InChI=1S/C27H33N3O4/c28-14-13-24-26(22-7-4-8-23(31)15-22)27(21-5-2-1-3-6-21)29-30(24)16-19-9-11-20(12-10-19)17-34-18-25(32)33/h1-8,15,19-20,31H,9-14,16-18,28H2,(H,32,33). The smallest absolute Gasteiger partial charge is 0.329 e. The Balaban J connectivity index is 1.59. The van der Waals surface area contributed by atoms with Crippen molar-refractivity contribution in [3.8, 4) is 28.1 Å². The van der Waals surface area contributed by atoms with Crippen LogP contribution in [-0.4, -0.2) is 45.7 Å². The summed E-state index contributed by atoms with van der Waals surface area (Å²) in [5, 5.41) is 24.0. The SMILES string of the molecule is NCCc1c(-c2cccc(O)c2)c(-c2ccccc2)nn1CC1CCC(COCC(=O)O)CC1. The summed E-state index contributed by atoms with van der Waals surface area (Å²) in [6.45, 7) is 1.62. The molecule has 4 rings (SSSR count). The molecule has 0 saturated heterocycles. The number of carboxylic acid groups (broad SMARTS) is 1. The molecule has 0 spiro atoms. The van der Waals surface area contributed by atoms with E-state index < -0.39 is 5.97 Å². The summed E-state index contributed by atoms with van der Waals surface area (Å²) in [7, 11) is 0. The fourth-order valence-corrected chi connectivity index (χ4v) is 4.94. The molecule has 1 heterocycles. The van der Waals surface area contributed by atoms with Gasteiger partial charge in [0.15, 0.2) is 0 Å². The van der Waals surface area contributed by atoms with E-state index in [-0.39, 0.29) is 12.4 Å². The maximum atomic E-state index is 10.7. The van der Waals surface area contributed by atoms with E-state index in [4.69, 9.17) is 20.7 Å². The number of nitrogens with two attached hydrogens (primary N) is 1. The number of carbonyl (C=O) groups is 1. The van der Waals surface area contributed by atoms with Gasteiger partial charge in [-0.05, 0) is 61.8 Å². The van der Waals surface area contributed by atoms with E-state index in [2.05, 4.69) is 16.8 Å². The van der Waals surface area contributed by atoms with Gasteiger partial charge in [0.25, 0.3) is 0 Å². The first kappa shape index (κ1) is 24.0. The van der Waals surface area contributed by atoms with Gasteiger partial charge in [0.05, 0.1) is 6.61 Å². The van der Waals surface area contributed by atoms with E-state index in [0.29, 0.717) is 31.4 Å². The molecule has 7 nitrogen and oxygen atoms in total. The first-order chi connectivity index (χ1) is 16.5. The molecule has 0 atom stereocenters. The molecule has 0 unspecified atom stereocenters. The number of hydrogen-bond donors (Lipinski definition) is 3. The second kappa shape index (κ2) is 11.3. The molecular weight excluding hydrogens is 430 g/mol. The summed E-state index contributed by atoms with van der Waals surface area (Å²) in [6.07, 6.45) is 4.88. The lowest BCUT2D eigenvalue weighted by Crippen LogP contribution is -2.24. The Morgan fingerprint density at radius 3 is 2.41 bits per heavy atom. The number of nitrogens with zero attached hydrogens (tertiary/aromatic N) is 2. The molecule has 4 N–H and O–H groups in total. The summed E-state index contributed by atoms with van der Waals surface area (Å²) >= 11 is 0. The average Bonchev–Trinajstić information content (AvgIpc) is 3.19. The first-order valence-electron chi connectivity index (χ1n) is 12.0. The number of phenols is 1. The average molecular weight is 464 g/mol. The van der Waals surface area contributed by atoms with Gasteiger partial charge >= 0.3 is 5.97 Å². The van der Waals surface area contributed by atoms with Gasteiger partial charge in [-0.2, -0.15) is 5.10 Å². The monoisotopic (exact) mass is 463 g/mol. The van der Waals surface area contributed by atoms with Gasteiger partial charge < -0.3 is 20.7 Å². The van der Waals surface area contributed by atoms with Crippen LogP contribution in [0, 0.1) is 11.8 Å². The summed E-state index contributed by atoms with van der Waals surface area (Å²) in [4.78, 5) is 10.7. The number of aromatic hydroxyl groups is 1. The fourth-order valence-electron chi connectivity index (χ4n) is 4.94. The number of benzene rings is 2. The predicted octanol–water partition coefficient (Wildman–Crippen LogP) is 4.33. The number of hydrogen-bond acceptors (Lipinski definition) is 5. The third-order valence-electron chi connectivity index (χ3n) is 6.60. The van der Waals surface area contributed by atoms with Crippen molar-refractivity contribution in [3.05, 3.63) is 60.3 Å². The molecule has 1 fully saturated rings. The zero-order chi connectivity index (χ0) is 23.9. The van der Waals surface area contributed by atoms with Gasteiger partial charge in [0, 0.05) is 29.8 Å². The number of rotatable bonds is 10. The second-order valence-corrected chi connectivity index (χ2v) is 9.10. The van der Waals surface area contributed by atoms with Crippen molar-refractivity contribution < 1.29 is 19.7 Å². The van der Waals surface area contributed by atoms with E-state index in [1.807, 2.05) is 30.3 Å². The van der Waals surface area contributed by atoms with Crippen LogP contribution in [0.2, 0.25) is 0 Å². The molecule has 1 aromatic heterocycles. The molecule has 1 saturated carbocycles. The summed E-state index contributed by atoms with van der Waals surface area (Å²) in [5.41, 5.74) is 11.0. The zero-order valence-corrected chi connectivity index (χ0v) is 19.4. The molecular formula is C27H33N3O4. The van der Waals surface area contributed by atoms with Crippen LogP contribution in [0.3, 0.4) is 0 Å². The summed E-state index contributed by atoms with van der Waals surface area (Å²) < 4.78 is 7.44. The highest BCUT2D eigenvalue weighted by Crippen LogP contribution is 2.37. The normalized spacial score (nSPS) is 18.1. The van der Waals surface area contributed by atoms with Gasteiger partial charge in [0.2, 0.25) is 0 Å². The number of phenolic OH excluding ortho intramolecular Hbond substituents is 1. The molecule has 3 aromatic rings. The minimum absolute atomic E-state index is 0.226. The molecule has 34 heavy (non-hydrogen) atoms. The Kier molecular flexibility index (Phi) is 7.98. The van der Waals surface area contributed by atoms with Crippen molar-refractivity contribution in [1.82, 2.24) is 9.78 Å². The van der Waals surface area contributed by atoms with Crippen LogP contribution < -0.4 is 5.73 Å². The Morgan fingerprint density at radius 1 is 1.03 bits per heavy atom. The largest absolute Gasteiger partial charge is 0.508 e. The Morgan fingerprint density at radius 2 is 1.74 bits per heavy atom. The van der Waals surface area contributed by atoms with Crippen molar-refractivity contribution in [3.63, 3.8) is 0 Å². The Hall–Kier alpha value is -3.16. The molecule has 1 aliphatic carbocycles. The molecule has 1 aliphatic rings. The van der Waals surface area contributed by atoms with Crippen LogP contribution in [0.25, 0.3) is 22.4 Å². The lowest BCUT2D eigenvalue weighted by molar-refractivity contribution is -0.142. The summed E-state index contributed by atoms with van der Waals surface area (Å²) in [5.74, 6) is 0.218. The highest BCUT2D eigenvalue weighted by molar-refractivity contribution is 5.83. The molecule has 0 radical (unpaired) electrons. The number of aliphatic carboxylic acids is 1. The molecule has 0 bridgehead atoms. The molecule has 7 heteroatoms. The van der Waals surface area contributed by atoms with Crippen molar-refractivity contribution in [2.45, 2.75) is 38.6 Å². The predicted molar refractivity (Wildman–Crippen MR) is 131 cm³/mol. The molecule has 2 aromatic carbocycles. The fraction of sp³-hybridized carbons (Fsp3) is 0.407. The lowest BCUT2D eigenvalue weighted by Gasteiger charge is -2.28. The van der Waals surface area contributed by atoms with E-state index in [9.17, 15) is 9.90 Å². The number of carboxylic acids is 1. The van der Waals surface area contributed by atoms with Gasteiger partial charge in [-0.3, -0.25) is 4.68 Å². The van der Waals surface area contributed by atoms with E-state index in [1.54, 1.807) is 12.1 Å². The third-order valence-corrected chi connectivity index (χ3v) is 6.60. The molecule has 0 amide bonds.